The quantitative estimate of drug-likeness (QED) is 0.879. The van der Waals surface area contributed by atoms with E-state index in [-0.39, 0.29) is 17.3 Å². The van der Waals surface area contributed by atoms with E-state index in [1.54, 1.807) is 22.5 Å². The standard InChI is InChI=1S/C15H22N2O4S.ClH/c1-16-10-12-3-2-6-17(11-12)22(18,19)13-4-5-14-15(9-13)21-8-7-20-14;/h4-5,9,12,16H,2-3,6-8,10-11H2,1H3;1H. The minimum Gasteiger partial charge on any atom is -0.486 e. The van der Waals surface area contributed by atoms with Crippen molar-refractivity contribution in [2.45, 2.75) is 17.7 Å². The Labute approximate surface area is 143 Å². The first-order chi connectivity index (χ1) is 10.6. The molecule has 0 aliphatic carbocycles. The summed E-state index contributed by atoms with van der Waals surface area (Å²) in [6.45, 7) is 2.93. The molecule has 1 N–H and O–H groups in total. The molecule has 0 aromatic heterocycles. The normalized spacial score (nSPS) is 21.5. The van der Waals surface area contributed by atoms with Gasteiger partial charge < -0.3 is 14.8 Å². The number of hydrogen-bond donors (Lipinski definition) is 1. The van der Waals surface area contributed by atoms with Crippen molar-refractivity contribution in [1.82, 2.24) is 9.62 Å². The number of ether oxygens (including phenoxy) is 2. The van der Waals surface area contributed by atoms with E-state index >= 15 is 0 Å². The Morgan fingerprint density at radius 2 is 2.00 bits per heavy atom. The third kappa shape index (κ3) is 3.91. The molecule has 8 heteroatoms. The van der Waals surface area contributed by atoms with Crippen LogP contribution in [0.25, 0.3) is 0 Å². The summed E-state index contributed by atoms with van der Waals surface area (Å²) in [6, 6.07) is 4.85. The first-order valence-electron chi connectivity index (χ1n) is 7.65. The maximum Gasteiger partial charge on any atom is 0.243 e. The van der Waals surface area contributed by atoms with Gasteiger partial charge in [0.15, 0.2) is 11.5 Å². The molecule has 23 heavy (non-hydrogen) atoms. The van der Waals surface area contributed by atoms with Crippen LogP contribution in [0, 0.1) is 5.92 Å². The average molecular weight is 363 g/mol. The number of piperidine rings is 1. The lowest BCUT2D eigenvalue weighted by Gasteiger charge is -2.32. The molecular weight excluding hydrogens is 340 g/mol. The second kappa shape index (κ2) is 7.70. The third-order valence-corrected chi connectivity index (χ3v) is 5.99. The summed E-state index contributed by atoms with van der Waals surface area (Å²) in [7, 11) is -1.58. The number of benzene rings is 1. The minimum absolute atomic E-state index is 0. The largest absolute Gasteiger partial charge is 0.486 e. The van der Waals surface area contributed by atoms with Crippen molar-refractivity contribution < 1.29 is 17.9 Å². The van der Waals surface area contributed by atoms with Crippen LogP contribution in [0.3, 0.4) is 0 Å². The monoisotopic (exact) mass is 362 g/mol. The number of hydrogen-bond acceptors (Lipinski definition) is 5. The van der Waals surface area contributed by atoms with Crippen LogP contribution < -0.4 is 14.8 Å². The van der Waals surface area contributed by atoms with Crippen molar-refractivity contribution in [3.8, 4) is 11.5 Å². The predicted molar refractivity (Wildman–Crippen MR) is 90.1 cm³/mol. The summed E-state index contributed by atoms with van der Waals surface area (Å²) < 4.78 is 38.2. The fourth-order valence-corrected chi connectivity index (χ4v) is 4.60. The molecule has 0 amide bonds. The number of fused-ring (bicyclic) bond motifs is 1. The molecule has 1 fully saturated rings. The topological polar surface area (TPSA) is 67.9 Å². The van der Waals surface area contributed by atoms with Crippen LogP contribution in [0.15, 0.2) is 23.1 Å². The number of rotatable bonds is 4. The molecule has 2 aliphatic rings. The van der Waals surface area contributed by atoms with Gasteiger partial charge in [-0.15, -0.1) is 12.4 Å². The van der Waals surface area contributed by atoms with Gasteiger partial charge in [-0.3, -0.25) is 0 Å². The molecular formula is C15H23ClN2O4S. The van der Waals surface area contributed by atoms with Gasteiger partial charge in [-0.1, -0.05) is 0 Å². The second-order valence-electron chi connectivity index (χ2n) is 5.73. The van der Waals surface area contributed by atoms with Crippen molar-refractivity contribution in [1.29, 1.82) is 0 Å². The number of sulfonamides is 1. The van der Waals surface area contributed by atoms with Crippen molar-refractivity contribution in [3.63, 3.8) is 0 Å². The fourth-order valence-electron chi connectivity index (χ4n) is 3.03. The van der Waals surface area contributed by atoms with E-state index in [1.807, 2.05) is 7.05 Å². The highest BCUT2D eigenvalue weighted by Crippen LogP contribution is 2.33. The Kier molecular flexibility index (Phi) is 6.13. The van der Waals surface area contributed by atoms with Crippen molar-refractivity contribution >= 4 is 22.4 Å². The van der Waals surface area contributed by atoms with E-state index in [9.17, 15) is 8.42 Å². The zero-order chi connectivity index (χ0) is 15.6. The Bertz CT molecular complexity index is 636. The second-order valence-corrected chi connectivity index (χ2v) is 7.67. The Morgan fingerprint density at radius 3 is 2.74 bits per heavy atom. The number of nitrogens with zero attached hydrogens (tertiary/aromatic N) is 1. The summed E-state index contributed by atoms with van der Waals surface area (Å²) in [5.41, 5.74) is 0. The van der Waals surface area contributed by atoms with E-state index in [1.165, 1.54) is 0 Å². The maximum absolute atomic E-state index is 12.8. The molecule has 0 saturated carbocycles. The molecule has 0 bridgehead atoms. The van der Waals surface area contributed by atoms with Gasteiger partial charge in [-0.2, -0.15) is 4.31 Å². The lowest BCUT2D eigenvalue weighted by atomic mass is 10.00. The van der Waals surface area contributed by atoms with Crippen LogP contribution in [0.4, 0.5) is 0 Å². The predicted octanol–water partition coefficient (Wildman–Crippen LogP) is 1.50. The molecule has 1 aromatic carbocycles. The van der Waals surface area contributed by atoms with Crippen molar-refractivity contribution in [3.05, 3.63) is 18.2 Å². The summed E-state index contributed by atoms with van der Waals surface area (Å²) in [5.74, 6) is 1.48. The van der Waals surface area contributed by atoms with Gasteiger partial charge >= 0.3 is 0 Å². The van der Waals surface area contributed by atoms with E-state index in [0.717, 1.165) is 19.4 Å². The van der Waals surface area contributed by atoms with Crippen LogP contribution in [-0.4, -0.2) is 52.6 Å². The molecule has 1 aromatic rings. The Hall–Kier alpha value is -1.02. The van der Waals surface area contributed by atoms with Gasteiger partial charge in [0.1, 0.15) is 13.2 Å². The maximum atomic E-state index is 12.8. The molecule has 2 aliphatic heterocycles. The molecule has 1 saturated heterocycles. The molecule has 2 heterocycles. The van der Waals surface area contributed by atoms with Crippen molar-refractivity contribution in [2.75, 3.05) is 39.9 Å². The van der Waals surface area contributed by atoms with Gasteiger partial charge in [0, 0.05) is 19.2 Å². The van der Waals surface area contributed by atoms with Crippen LogP contribution in [-0.2, 0) is 10.0 Å². The van der Waals surface area contributed by atoms with Crippen molar-refractivity contribution in [2.24, 2.45) is 5.92 Å². The lowest BCUT2D eigenvalue weighted by molar-refractivity contribution is 0.171. The molecule has 3 rings (SSSR count). The first-order valence-corrected chi connectivity index (χ1v) is 9.09. The summed E-state index contributed by atoms with van der Waals surface area (Å²) in [5, 5.41) is 3.13. The average Bonchev–Trinajstić information content (AvgIpc) is 2.55. The van der Waals surface area contributed by atoms with Crippen LogP contribution in [0.5, 0.6) is 11.5 Å². The molecule has 6 nitrogen and oxygen atoms in total. The molecule has 1 unspecified atom stereocenters. The molecule has 0 spiro atoms. The lowest BCUT2D eigenvalue weighted by Crippen LogP contribution is -2.42. The highest BCUT2D eigenvalue weighted by atomic mass is 35.5. The minimum atomic E-state index is -3.48. The Morgan fingerprint density at radius 1 is 1.26 bits per heavy atom. The Balaban J connectivity index is 0.00000192. The first kappa shape index (κ1) is 18.3. The molecule has 0 radical (unpaired) electrons. The zero-order valence-electron chi connectivity index (χ0n) is 13.2. The number of halogens is 1. The van der Waals surface area contributed by atoms with E-state index in [0.29, 0.717) is 43.7 Å². The van der Waals surface area contributed by atoms with Crippen LogP contribution in [0.1, 0.15) is 12.8 Å². The molecule has 130 valence electrons. The summed E-state index contributed by atoms with van der Waals surface area (Å²) >= 11 is 0. The van der Waals surface area contributed by atoms with E-state index in [2.05, 4.69) is 5.32 Å². The van der Waals surface area contributed by atoms with Crippen LogP contribution in [0.2, 0.25) is 0 Å². The van der Waals surface area contributed by atoms with Gasteiger partial charge in [0.05, 0.1) is 4.90 Å². The van der Waals surface area contributed by atoms with Gasteiger partial charge in [-0.05, 0) is 44.5 Å². The van der Waals surface area contributed by atoms with Gasteiger partial charge in [-0.25, -0.2) is 8.42 Å². The smallest absolute Gasteiger partial charge is 0.243 e. The zero-order valence-corrected chi connectivity index (χ0v) is 14.8. The molecule has 1 atom stereocenters. The highest BCUT2D eigenvalue weighted by molar-refractivity contribution is 7.89. The highest BCUT2D eigenvalue weighted by Gasteiger charge is 2.30. The number of nitrogens with one attached hydrogen (secondary N) is 1. The van der Waals surface area contributed by atoms with Gasteiger partial charge in [0.2, 0.25) is 10.0 Å². The van der Waals surface area contributed by atoms with E-state index in [4.69, 9.17) is 9.47 Å². The van der Waals surface area contributed by atoms with Crippen LogP contribution >= 0.6 is 12.4 Å². The van der Waals surface area contributed by atoms with E-state index < -0.39 is 10.0 Å². The fraction of sp³-hybridized carbons (Fsp3) is 0.600. The SMILES string of the molecule is CNCC1CCCN(S(=O)(=O)c2ccc3c(c2)OCCO3)C1.Cl. The third-order valence-electron chi connectivity index (χ3n) is 4.13. The summed E-state index contributed by atoms with van der Waals surface area (Å²) in [6.07, 6.45) is 1.96. The summed E-state index contributed by atoms with van der Waals surface area (Å²) in [4.78, 5) is 0.279. The van der Waals surface area contributed by atoms with Gasteiger partial charge in [0.25, 0.3) is 0 Å².